The van der Waals surface area contributed by atoms with E-state index in [9.17, 15) is 22.4 Å². The molecule has 0 saturated carbocycles. The summed E-state index contributed by atoms with van der Waals surface area (Å²) in [6.07, 6.45) is 8.82. The van der Waals surface area contributed by atoms with Gasteiger partial charge in [-0.3, -0.25) is 13.8 Å². The molecule has 4 aromatic rings. The van der Waals surface area contributed by atoms with Crippen LogP contribution in [0.2, 0.25) is 0 Å². The van der Waals surface area contributed by atoms with E-state index < -0.39 is 28.4 Å². The van der Waals surface area contributed by atoms with Crippen molar-refractivity contribution >= 4 is 73.1 Å². The summed E-state index contributed by atoms with van der Waals surface area (Å²) in [6.45, 7) is -0.306. The number of carbonyl (C=O) groups is 2. The van der Waals surface area contributed by atoms with Gasteiger partial charge in [0, 0.05) is 25.5 Å². The molecule has 2 amide bonds. The molecule has 4 rings (SSSR count). The van der Waals surface area contributed by atoms with Crippen molar-refractivity contribution in [1.29, 1.82) is 0 Å². The normalized spacial score (nSPS) is 11.1. The zero-order chi connectivity index (χ0) is 36.5. The summed E-state index contributed by atoms with van der Waals surface area (Å²) in [6, 6.07) is 29.7. The summed E-state index contributed by atoms with van der Waals surface area (Å²) >= 11 is 0. The first-order valence-corrected chi connectivity index (χ1v) is 17.1. The molecule has 0 aliphatic heterocycles. The number of amides is 2. The molecular weight excluding hydrogens is 657 g/mol. The molecule has 0 aromatic heterocycles. The number of hydrogen-bond acceptors (Lipinski definition) is 7. The van der Waals surface area contributed by atoms with Crippen LogP contribution < -0.4 is 19.3 Å². The van der Waals surface area contributed by atoms with Gasteiger partial charge >= 0.3 is 0 Å². The largest absolute Gasteiger partial charge is 0.491 e. The molecule has 4 aromatic carbocycles. The first-order valence-electron chi connectivity index (χ1n) is 15.3. The topological polar surface area (TPSA) is 102 Å². The molecule has 9 nitrogen and oxygen atoms in total. The highest BCUT2D eigenvalue weighted by atomic mass is 32.2. The SMILES string of the molecule is [B]C(=O)N(C)c1ccc(/C=C/c2ccc(OCCF)cc2)cc1.[B]C(=O)N(C)c1ccc(/C=C/c2ccc(OCCOS(C)(=O)=O)cc2)cc1. The number of hydrogen-bond donors (Lipinski definition) is 0. The summed E-state index contributed by atoms with van der Waals surface area (Å²) in [5, 5.41) is 0. The highest BCUT2D eigenvalue weighted by molar-refractivity contribution is 7.85. The van der Waals surface area contributed by atoms with Crippen LogP contribution in [-0.4, -0.2) is 82.6 Å². The minimum atomic E-state index is -3.45. The molecule has 0 heterocycles. The van der Waals surface area contributed by atoms with Crippen LogP contribution in [-0.2, 0) is 14.3 Å². The Morgan fingerprint density at radius 1 is 0.600 bits per heavy atom. The van der Waals surface area contributed by atoms with E-state index in [0.29, 0.717) is 11.5 Å². The fourth-order valence-electron chi connectivity index (χ4n) is 4.11. The molecule has 0 atom stereocenters. The van der Waals surface area contributed by atoms with Crippen LogP contribution in [0.25, 0.3) is 24.3 Å². The molecule has 0 aliphatic rings. The first-order chi connectivity index (χ1) is 23.8. The Labute approximate surface area is 295 Å². The van der Waals surface area contributed by atoms with Crippen molar-refractivity contribution in [3.8, 4) is 11.5 Å². The smallest absolute Gasteiger partial charge is 0.264 e. The number of rotatable bonds is 14. The fourth-order valence-corrected chi connectivity index (χ4v) is 4.48. The third-order valence-electron chi connectivity index (χ3n) is 6.91. The van der Waals surface area contributed by atoms with E-state index in [1.165, 1.54) is 9.80 Å². The Bertz CT molecular complexity index is 1840. The minimum Gasteiger partial charge on any atom is -0.491 e. The lowest BCUT2D eigenvalue weighted by atomic mass is 10.1. The van der Waals surface area contributed by atoms with E-state index in [-0.39, 0.29) is 19.8 Å². The van der Waals surface area contributed by atoms with Gasteiger partial charge in [0.2, 0.25) is 15.7 Å². The van der Waals surface area contributed by atoms with Crippen LogP contribution in [0.5, 0.6) is 11.5 Å². The average molecular weight is 694 g/mol. The molecule has 0 spiro atoms. The summed E-state index contributed by atoms with van der Waals surface area (Å²) in [7, 11) is 10.3. The van der Waals surface area contributed by atoms with Crippen LogP contribution in [0, 0.1) is 0 Å². The summed E-state index contributed by atoms with van der Waals surface area (Å²) in [4.78, 5) is 25.0. The molecule has 0 N–H and O–H groups in total. The predicted molar refractivity (Wildman–Crippen MR) is 200 cm³/mol. The third kappa shape index (κ3) is 14.2. The van der Waals surface area contributed by atoms with Crippen LogP contribution >= 0.6 is 0 Å². The Hall–Kier alpha value is -5.13. The highest BCUT2D eigenvalue weighted by Gasteiger charge is 2.05. The van der Waals surface area contributed by atoms with E-state index in [1.807, 2.05) is 97.1 Å². The Balaban J connectivity index is 0.000000274. The van der Waals surface area contributed by atoms with Gasteiger partial charge in [-0.05, 0) is 70.8 Å². The number of nitrogens with zero attached hydrogens (tertiary/aromatic N) is 2. The van der Waals surface area contributed by atoms with Crippen molar-refractivity contribution in [2.45, 2.75) is 0 Å². The van der Waals surface area contributed by atoms with E-state index in [0.717, 1.165) is 39.9 Å². The number of halogens is 1. The van der Waals surface area contributed by atoms with Crippen LogP contribution in [0.4, 0.5) is 25.4 Å². The van der Waals surface area contributed by atoms with Crippen molar-refractivity contribution in [1.82, 2.24) is 0 Å². The zero-order valence-corrected chi connectivity index (χ0v) is 28.9. The summed E-state index contributed by atoms with van der Waals surface area (Å²) < 4.78 is 48.9. The minimum absolute atomic E-state index is 0.0264. The Morgan fingerprint density at radius 3 is 1.22 bits per heavy atom. The molecule has 0 fully saturated rings. The molecule has 0 saturated heterocycles. The number of carbonyl (C=O) groups excluding carboxylic acids is 2. The molecule has 13 heteroatoms. The summed E-state index contributed by atoms with van der Waals surface area (Å²) in [5.41, 5.74) is 5.44. The van der Waals surface area contributed by atoms with Gasteiger partial charge in [-0.25, -0.2) is 4.39 Å². The van der Waals surface area contributed by atoms with Gasteiger partial charge < -0.3 is 19.3 Å². The van der Waals surface area contributed by atoms with E-state index in [4.69, 9.17) is 25.2 Å². The van der Waals surface area contributed by atoms with E-state index in [2.05, 4.69) is 4.18 Å². The van der Waals surface area contributed by atoms with Crippen molar-refractivity contribution in [2.75, 3.05) is 56.6 Å². The van der Waals surface area contributed by atoms with Gasteiger partial charge in [0.05, 0.1) is 6.26 Å². The number of alkyl halides is 1. The van der Waals surface area contributed by atoms with Gasteiger partial charge in [0.25, 0.3) is 10.1 Å². The quantitative estimate of drug-likeness (QED) is 0.0615. The number of benzene rings is 4. The van der Waals surface area contributed by atoms with Crippen LogP contribution in [0.3, 0.4) is 0 Å². The lowest BCUT2D eigenvalue weighted by molar-refractivity contribution is 0.222. The van der Waals surface area contributed by atoms with Crippen LogP contribution in [0.15, 0.2) is 97.1 Å². The maximum Gasteiger partial charge on any atom is 0.264 e. The molecular formula is C37H37B2FN2O7S. The van der Waals surface area contributed by atoms with Gasteiger partial charge in [0.1, 0.15) is 38.0 Å². The highest BCUT2D eigenvalue weighted by Crippen LogP contribution is 2.19. The van der Waals surface area contributed by atoms with Crippen molar-refractivity contribution in [2.24, 2.45) is 0 Å². The molecule has 4 radical (unpaired) electrons. The second-order valence-electron chi connectivity index (χ2n) is 10.7. The lowest BCUT2D eigenvalue weighted by Crippen LogP contribution is -2.24. The predicted octanol–water partition coefficient (Wildman–Crippen LogP) is 6.87. The van der Waals surface area contributed by atoms with Gasteiger partial charge in [-0.1, -0.05) is 72.8 Å². The second-order valence-corrected chi connectivity index (χ2v) is 12.3. The molecule has 0 aliphatic carbocycles. The Morgan fingerprint density at radius 2 is 0.920 bits per heavy atom. The van der Waals surface area contributed by atoms with Crippen LogP contribution in [0.1, 0.15) is 22.3 Å². The Kier molecular flexibility index (Phi) is 15.5. The molecule has 256 valence electrons. The summed E-state index contributed by atoms with van der Waals surface area (Å²) in [5.74, 6) is 0.272. The number of anilines is 2. The first kappa shape index (κ1) is 39.3. The maximum absolute atomic E-state index is 12.0. The van der Waals surface area contributed by atoms with Crippen molar-refractivity contribution in [3.63, 3.8) is 0 Å². The maximum atomic E-state index is 12.0. The molecule has 0 unspecified atom stereocenters. The molecule has 50 heavy (non-hydrogen) atoms. The average Bonchev–Trinajstić information content (AvgIpc) is 3.11. The van der Waals surface area contributed by atoms with Gasteiger partial charge in [0.15, 0.2) is 11.6 Å². The third-order valence-corrected chi connectivity index (χ3v) is 7.51. The van der Waals surface area contributed by atoms with E-state index in [1.54, 1.807) is 38.4 Å². The fraction of sp³-hybridized carbons (Fsp3) is 0.189. The molecule has 0 bridgehead atoms. The van der Waals surface area contributed by atoms with Crippen molar-refractivity contribution < 1.29 is 36.1 Å². The zero-order valence-electron chi connectivity index (χ0n) is 28.1. The second kappa shape index (κ2) is 19.8. The van der Waals surface area contributed by atoms with Gasteiger partial charge in [-0.2, -0.15) is 8.42 Å². The standard InChI is InChI=1S/C19H20BNO5S.C18H17BFNO2/c1-21(19(20)22)17-9-5-15(6-10-17)3-4-16-7-11-18(12-8-16)25-13-14-26-27(2,23)24;1-21(18(19)22)16-8-4-14(5-9-16)2-3-15-6-10-17(11-7-15)23-13-12-20/h3-12H,13-14H2,1-2H3;2-11H,12-13H2,1H3/b4-3+;3-2+. The lowest BCUT2D eigenvalue weighted by Gasteiger charge is -2.15. The van der Waals surface area contributed by atoms with Gasteiger partial charge in [-0.15, -0.1) is 0 Å². The monoisotopic (exact) mass is 694 g/mol. The van der Waals surface area contributed by atoms with E-state index >= 15 is 0 Å². The van der Waals surface area contributed by atoms with Crippen molar-refractivity contribution in [3.05, 3.63) is 119 Å². The number of ether oxygens (including phenoxy) is 2.